The Morgan fingerprint density at radius 2 is 2.00 bits per heavy atom. The molecule has 0 aliphatic carbocycles. The third kappa shape index (κ3) is 4.88. The number of aromatic nitrogens is 1. The van der Waals surface area contributed by atoms with E-state index in [0.29, 0.717) is 12.5 Å². The molecule has 0 saturated carbocycles. The molecule has 114 valence electrons. The fourth-order valence-electron chi connectivity index (χ4n) is 2.15. The van der Waals surface area contributed by atoms with Crippen LogP contribution in [-0.2, 0) is 6.54 Å². The van der Waals surface area contributed by atoms with Crippen molar-refractivity contribution in [2.75, 3.05) is 6.61 Å². The SMILES string of the molecule is CC(C)CC(CO)NCc1csc(-c2ccc(F)cc2)n1. The molecular weight excluding hydrogens is 287 g/mol. The first kappa shape index (κ1) is 16.1. The highest BCUT2D eigenvalue weighted by Gasteiger charge is 2.10. The van der Waals surface area contributed by atoms with E-state index >= 15 is 0 Å². The lowest BCUT2D eigenvalue weighted by molar-refractivity contribution is 0.223. The molecule has 1 aromatic heterocycles. The van der Waals surface area contributed by atoms with Crippen molar-refractivity contribution >= 4 is 11.3 Å². The van der Waals surface area contributed by atoms with Crippen molar-refractivity contribution in [1.29, 1.82) is 0 Å². The Balaban J connectivity index is 1.95. The van der Waals surface area contributed by atoms with Gasteiger partial charge in [-0.1, -0.05) is 13.8 Å². The fraction of sp³-hybridized carbons (Fsp3) is 0.438. The van der Waals surface area contributed by atoms with Gasteiger partial charge in [0.2, 0.25) is 0 Å². The van der Waals surface area contributed by atoms with Crippen LogP contribution in [-0.4, -0.2) is 22.7 Å². The highest BCUT2D eigenvalue weighted by atomic mass is 32.1. The number of nitrogens with one attached hydrogen (secondary N) is 1. The van der Waals surface area contributed by atoms with E-state index < -0.39 is 0 Å². The Kier molecular flexibility index (Phi) is 5.85. The Morgan fingerprint density at radius 1 is 1.29 bits per heavy atom. The summed E-state index contributed by atoms with van der Waals surface area (Å²) in [7, 11) is 0. The van der Waals surface area contributed by atoms with E-state index in [9.17, 15) is 9.50 Å². The monoisotopic (exact) mass is 308 g/mol. The zero-order valence-electron chi connectivity index (χ0n) is 12.3. The zero-order valence-corrected chi connectivity index (χ0v) is 13.2. The molecule has 1 atom stereocenters. The van der Waals surface area contributed by atoms with E-state index in [2.05, 4.69) is 24.1 Å². The van der Waals surface area contributed by atoms with Crippen molar-refractivity contribution in [2.45, 2.75) is 32.9 Å². The highest BCUT2D eigenvalue weighted by Crippen LogP contribution is 2.23. The molecule has 3 nitrogen and oxygen atoms in total. The number of halogens is 1. The summed E-state index contributed by atoms with van der Waals surface area (Å²) in [5.74, 6) is 0.302. The molecule has 1 aromatic carbocycles. The maximum absolute atomic E-state index is 12.9. The van der Waals surface area contributed by atoms with Crippen molar-refractivity contribution in [1.82, 2.24) is 10.3 Å². The molecule has 2 rings (SSSR count). The van der Waals surface area contributed by atoms with Gasteiger partial charge in [0.25, 0.3) is 0 Å². The van der Waals surface area contributed by atoms with Gasteiger partial charge in [0, 0.05) is 23.5 Å². The molecule has 5 heteroatoms. The number of rotatable bonds is 7. The van der Waals surface area contributed by atoms with E-state index in [1.54, 1.807) is 23.5 Å². The summed E-state index contributed by atoms with van der Waals surface area (Å²) in [4.78, 5) is 4.55. The first-order valence-corrected chi connectivity index (χ1v) is 8.01. The van der Waals surface area contributed by atoms with E-state index in [1.165, 1.54) is 12.1 Å². The molecule has 0 radical (unpaired) electrons. The molecule has 0 spiro atoms. The van der Waals surface area contributed by atoms with Gasteiger partial charge >= 0.3 is 0 Å². The molecule has 21 heavy (non-hydrogen) atoms. The number of benzene rings is 1. The second kappa shape index (κ2) is 7.64. The summed E-state index contributed by atoms with van der Waals surface area (Å²) in [5.41, 5.74) is 1.87. The summed E-state index contributed by atoms with van der Waals surface area (Å²) < 4.78 is 12.9. The van der Waals surface area contributed by atoms with Crippen molar-refractivity contribution in [2.24, 2.45) is 5.92 Å². The van der Waals surface area contributed by atoms with Crippen LogP contribution in [0.2, 0.25) is 0 Å². The molecule has 2 aromatic rings. The molecule has 0 aliphatic rings. The van der Waals surface area contributed by atoms with Crippen molar-refractivity contribution in [3.05, 3.63) is 41.2 Å². The third-order valence-corrected chi connectivity index (χ3v) is 4.13. The Labute approximate surface area is 128 Å². The second-order valence-corrected chi connectivity index (χ2v) is 6.40. The van der Waals surface area contributed by atoms with Crippen molar-refractivity contribution in [3.63, 3.8) is 0 Å². The average Bonchev–Trinajstić information content (AvgIpc) is 2.92. The summed E-state index contributed by atoms with van der Waals surface area (Å²) in [5, 5.41) is 15.6. The van der Waals surface area contributed by atoms with Crippen LogP contribution >= 0.6 is 11.3 Å². The summed E-state index contributed by atoms with van der Waals surface area (Å²) in [6.45, 7) is 5.04. The maximum atomic E-state index is 12.9. The fourth-order valence-corrected chi connectivity index (χ4v) is 2.98. The topological polar surface area (TPSA) is 45.1 Å². The molecule has 1 unspecified atom stereocenters. The highest BCUT2D eigenvalue weighted by molar-refractivity contribution is 7.13. The van der Waals surface area contributed by atoms with Crippen LogP contribution in [0, 0.1) is 11.7 Å². The number of hydrogen-bond donors (Lipinski definition) is 2. The molecule has 2 N–H and O–H groups in total. The van der Waals surface area contributed by atoms with Crippen LogP contribution in [0.5, 0.6) is 0 Å². The molecule has 0 saturated heterocycles. The summed E-state index contributed by atoms with van der Waals surface area (Å²) in [6.07, 6.45) is 0.936. The van der Waals surface area contributed by atoms with Gasteiger partial charge in [-0.05, 0) is 36.6 Å². The van der Waals surface area contributed by atoms with Crippen LogP contribution in [0.3, 0.4) is 0 Å². The number of nitrogens with zero attached hydrogens (tertiary/aromatic N) is 1. The van der Waals surface area contributed by atoms with Gasteiger partial charge in [0.15, 0.2) is 0 Å². The Bertz CT molecular complexity index is 554. The smallest absolute Gasteiger partial charge is 0.123 e. The van der Waals surface area contributed by atoms with Crippen LogP contribution in [0.1, 0.15) is 26.0 Å². The van der Waals surface area contributed by atoms with Gasteiger partial charge in [-0.3, -0.25) is 0 Å². The van der Waals surface area contributed by atoms with Crippen LogP contribution in [0.4, 0.5) is 4.39 Å². The lowest BCUT2D eigenvalue weighted by Gasteiger charge is -2.17. The van der Waals surface area contributed by atoms with Gasteiger partial charge in [-0.2, -0.15) is 0 Å². The average molecular weight is 308 g/mol. The summed E-state index contributed by atoms with van der Waals surface area (Å²) in [6, 6.07) is 6.46. The van der Waals surface area contributed by atoms with Gasteiger partial charge in [0.1, 0.15) is 10.8 Å². The van der Waals surface area contributed by atoms with E-state index in [4.69, 9.17) is 0 Å². The van der Waals surface area contributed by atoms with Crippen LogP contribution in [0.25, 0.3) is 10.6 Å². The Morgan fingerprint density at radius 3 is 2.62 bits per heavy atom. The normalized spacial score (nSPS) is 12.8. The Hall–Kier alpha value is -1.30. The number of hydrogen-bond acceptors (Lipinski definition) is 4. The van der Waals surface area contributed by atoms with E-state index in [-0.39, 0.29) is 18.5 Å². The first-order valence-electron chi connectivity index (χ1n) is 7.13. The minimum Gasteiger partial charge on any atom is -0.395 e. The molecule has 0 fully saturated rings. The van der Waals surface area contributed by atoms with Crippen molar-refractivity contribution in [3.8, 4) is 10.6 Å². The molecule has 0 bridgehead atoms. The lowest BCUT2D eigenvalue weighted by atomic mass is 10.0. The van der Waals surface area contributed by atoms with Gasteiger partial charge in [-0.15, -0.1) is 11.3 Å². The van der Waals surface area contributed by atoms with Gasteiger partial charge in [0.05, 0.1) is 12.3 Å². The largest absolute Gasteiger partial charge is 0.395 e. The number of aliphatic hydroxyl groups excluding tert-OH is 1. The number of thiazole rings is 1. The molecule has 0 aliphatic heterocycles. The standard InChI is InChI=1S/C16H21FN2OS/c1-11(2)7-14(9-20)18-8-15-10-21-16(19-15)12-3-5-13(17)6-4-12/h3-6,10-11,14,18,20H,7-9H2,1-2H3. The quantitative estimate of drug-likeness (QED) is 0.823. The minimum absolute atomic E-state index is 0.0981. The predicted octanol–water partition coefficient (Wildman–Crippen LogP) is 3.45. The molecule has 1 heterocycles. The van der Waals surface area contributed by atoms with Gasteiger partial charge < -0.3 is 10.4 Å². The molecular formula is C16H21FN2OS. The molecule has 0 amide bonds. The van der Waals surface area contributed by atoms with Crippen molar-refractivity contribution < 1.29 is 9.50 Å². The van der Waals surface area contributed by atoms with E-state index in [0.717, 1.165) is 22.7 Å². The predicted molar refractivity (Wildman–Crippen MR) is 84.7 cm³/mol. The van der Waals surface area contributed by atoms with Crippen LogP contribution in [0.15, 0.2) is 29.6 Å². The summed E-state index contributed by atoms with van der Waals surface area (Å²) >= 11 is 1.55. The number of aliphatic hydroxyl groups is 1. The van der Waals surface area contributed by atoms with Gasteiger partial charge in [-0.25, -0.2) is 9.37 Å². The first-order chi connectivity index (χ1) is 10.1. The maximum Gasteiger partial charge on any atom is 0.123 e. The zero-order chi connectivity index (χ0) is 15.2. The minimum atomic E-state index is -0.239. The third-order valence-electron chi connectivity index (χ3n) is 3.19. The van der Waals surface area contributed by atoms with E-state index in [1.807, 2.05) is 5.38 Å². The second-order valence-electron chi connectivity index (χ2n) is 5.54. The van der Waals surface area contributed by atoms with Crippen LogP contribution < -0.4 is 5.32 Å². The lowest BCUT2D eigenvalue weighted by Crippen LogP contribution is -2.33.